The molecule has 0 aliphatic heterocycles. The number of nitrogens with zero attached hydrogens (tertiary/aromatic N) is 5. The fourth-order valence-corrected chi connectivity index (χ4v) is 2.11. The zero-order valence-electron chi connectivity index (χ0n) is 12.9. The van der Waals surface area contributed by atoms with Gasteiger partial charge in [-0.1, -0.05) is 23.4 Å². The van der Waals surface area contributed by atoms with Gasteiger partial charge < -0.3 is 10.4 Å². The van der Waals surface area contributed by atoms with Crippen LogP contribution in [0.1, 0.15) is 33.2 Å². The third kappa shape index (κ3) is 3.36. The van der Waals surface area contributed by atoms with Crippen LogP contribution in [-0.4, -0.2) is 41.9 Å². The highest BCUT2D eigenvalue weighted by molar-refractivity contribution is 6.03. The van der Waals surface area contributed by atoms with Crippen LogP contribution in [0.5, 0.6) is 0 Å². The maximum atomic E-state index is 13.5. The number of carbonyl (C=O) groups excluding carboxylic acids is 1. The van der Waals surface area contributed by atoms with Gasteiger partial charge in [-0.25, -0.2) is 28.2 Å². The Kier molecular flexibility index (Phi) is 4.60. The fraction of sp³-hybridized carbons (Fsp3) is 0.0667. The van der Waals surface area contributed by atoms with E-state index in [9.17, 15) is 18.4 Å². The molecule has 0 radical (unpaired) electrons. The predicted molar refractivity (Wildman–Crippen MR) is 83.3 cm³/mol. The highest BCUT2D eigenvalue weighted by atomic mass is 19.3. The Labute approximate surface area is 144 Å². The third-order valence-electron chi connectivity index (χ3n) is 3.22. The lowest BCUT2D eigenvalue weighted by atomic mass is 10.2. The normalized spacial score (nSPS) is 10.7. The van der Waals surface area contributed by atoms with Crippen LogP contribution in [0.25, 0.3) is 5.69 Å². The molecular weight excluding hydrogens is 350 g/mol. The minimum absolute atomic E-state index is 0.170. The standard InChI is InChI=1S/C15H10F2N6O3/c16-12(17)11-10(21-22-23(11)8-4-2-1-3-5-8)14(24)20-9-6-7-18-13(19-9)15(25)26/h1-7,12H,(H,25,26)(H,18,19,20,24). The first-order valence-electron chi connectivity index (χ1n) is 7.14. The fourth-order valence-electron chi connectivity index (χ4n) is 2.11. The van der Waals surface area contributed by atoms with E-state index in [0.717, 1.165) is 10.9 Å². The SMILES string of the molecule is O=C(O)c1nccc(NC(=O)c2nnn(-c3ccccc3)c2C(F)F)n1. The van der Waals surface area contributed by atoms with E-state index < -0.39 is 35.5 Å². The third-order valence-corrected chi connectivity index (χ3v) is 3.22. The molecule has 0 saturated heterocycles. The molecular formula is C15H10F2N6O3. The molecule has 0 bridgehead atoms. The number of aromatic carboxylic acids is 1. The molecule has 1 amide bonds. The van der Waals surface area contributed by atoms with Crippen molar-refractivity contribution in [1.29, 1.82) is 0 Å². The van der Waals surface area contributed by atoms with E-state index in [2.05, 4.69) is 25.6 Å². The maximum absolute atomic E-state index is 13.5. The average molecular weight is 360 g/mol. The van der Waals surface area contributed by atoms with Crippen LogP contribution in [0.3, 0.4) is 0 Å². The highest BCUT2D eigenvalue weighted by Gasteiger charge is 2.27. The number of hydrogen-bond acceptors (Lipinski definition) is 6. The molecule has 11 heteroatoms. The van der Waals surface area contributed by atoms with Gasteiger partial charge >= 0.3 is 5.97 Å². The zero-order chi connectivity index (χ0) is 18.7. The molecule has 9 nitrogen and oxygen atoms in total. The van der Waals surface area contributed by atoms with Crippen LogP contribution in [0, 0.1) is 0 Å². The Morgan fingerprint density at radius 2 is 1.88 bits per heavy atom. The molecule has 1 aromatic carbocycles. The number of anilines is 1. The number of hydrogen-bond donors (Lipinski definition) is 2. The molecule has 0 spiro atoms. The van der Waals surface area contributed by atoms with Gasteiger partial charge in [0.1, 0.15) is 11.5 Å². The van der Waals surface area contributed by atoms with Crippen molar-refractivity contribution in [2.45, 2.75) is 6.43 Å². The van der Waals surface area contributed by atoms with Crippen molar-refractivity contribution in [2.75, 3.05) is 5.32 Å². The van der Waals surface area contributed by atoms with Crippen LogP contribution < -0.4 is 5.32 Å². The Morgan fingerprint density at radius 1 is 1.15 bits per heavy atom. The van der Waals surface area contributed by atoms with E-state index in [4.69, 9.17) is 5.11 Å². The predicted octanol–water partition coefficient (Wildman–Crippen LogP) is 1.95. The zero-order valence-corrected chi connectivity index (χ0v) is 12.9. The molecule has 3 aromatic rings. The Hall–Kier alpha value is -3.76. The summed E-state index contributed by atoms with van der Waals surface area (Å²) in [5.74, 6) is -3.12. The van der Waals surface area contributed by atoms with Crippen molar-refractivity contribution in [3.05, 3.63) is 59.8 Å². The molecule has 0 atom stereocenters. The minimum Gasteiger partial charge on any atom is -0.475 e. The molecule has 2 N–H and O–H groups in total. The summed E-state index contributed by atoms with van der Waals surface area (Å²) in [5.41, 5.74) is -0.981. The number of carbonyl (C=O) groups is 2. The number of benzene rings is 1. The van der Waals surface area contributed by atoms with Gasteiger partial charge in [0.2, 0.25) is 5.82 Å². The maximum Gasteiger partial charge on any atom is 0.374 e. The van der Waals surface area contributed by atoms with Gasteiger partial charge in [0, 0.05) is 6.20 Å². The summed E-state index contributed by atoms with van der Waals surface area (Å²) in [6.45, 7) is 0. The second-order valence-corrected chi connectivity index (χ2v) is 4.90. The van der Waals surface area contributed by atoms with E-state index in [0.29, 0.717) is 5.69 Å². The number of rotatable bonds is 5. The molecule has 0 saturated carbocycles. The lowest BCUT2D eigenvalue weighted by Gasteiger charge is -2.07. The highest BCUT2D eigenvalue weighted by Crippen LogP contribution is 2.24. The van der Waals surface area contributed by atoms with Crippen LogP contribution in [0.15, 0.2) is 42.6 Å². The second-order valence-electron chi connectivity index (χ2n) is 4.90. The summed E-state index contributed by atoms with van der Waals surface area (Å²) in [5, 5.41) is 18.2. The van der Waals surface area contributed by atoms with Crippen molar-refractivity contribution in [3.8, 4) is 5.69 Å². The summed E-state index contributed by atoms with van der Waals surface area (Å²) in [6, 6.07) is 9.23. The van der Waals surface area contributed by atoms with Gasteiger partial charge in [-0.2, -0.15) is 0 Å². The molecule has 0 fully saturated rings. The number of halogens is 2. The Balaban J connectivity index is 1.94. The van der Waals surface area contributed by atoms with Gasteiger partial charge in [0.25, 0.3) is 12.3 Å². The average Bonchev–Trinajstić information content (AvgIpc) is 3.08. The largest absolute Gasteiger partial charge is 0.475 e. The Bertz CT molecular complexity index is 961. The van der Waals surface area contributed by atoms with Gasteiger partial charge in [-0.15, -0.1) is 5.10 Å². The Morgan fingerprint density at radius 3 is 2.54 bits per heavy atom. The number of para-hydroxylation sites is 1. The molecule has 2 heterocycles. The van der Waals surface area contributed by atoms with Crippen molar-refractivity contribution in [2.24, 2.45) is 0 Å². The van der Waals surface area contributed by atoms with Gasteiger partial charge in [0.05, 0.1) is 5.69 Å². The number of amides is 1. The smallest absolute Gasteiger partial charge is 0.374 e. The lowest BCUT2D eigenvalue weighted by Crippen LogP contribution is -2.17. The second kappa shape index (κ2) is 7.01. The van der Waals surface area contributed by atoms with Gasteiger partial charge in [-0.05, 0) is 18.2 Å². The van der Waals surface area contributed by atoms with E-state index in [-0.39, 0.29) is 5.82 Å². The first-order valence-corrected chi connectivity index (χ1v) is 7.14. The molecule has 2 aromatic heterocycles. The quantitative estimate of drug-likeness (QED) is 0.713. The van der Waals surface area contributed by atoms with E-state index in [1.807, 2.05) is 0 Å². The van der Waals surface area contributed by atoms with Crippen LogP contribution in [0.2, 0.25) is 0 Å². The van der Waals surface area contributed by atoms with Crippen molar-refractivity contribution in [3.63, 3.8) is 0 Å². The van der Waals surface area contributed by atoms with Crippen LogP contribution in [0.4, 0.5) is 14.6 Å². The van der Waals surface area contributed by atoms with Crippen molar-refractivity contribution < 1.29 is 23.5 Å². The first-order chi connectivity index (χ1) is 12.5. The summed E-state index contributed by atoms with van der Waals surface area (Å²) in [4.78, 5) is 30.2. The summed E-state index contributed by atoms with van der Waals surface area (Å²) >= 11 is 0. The lowest BCUT2D eigenvalue weighted by molar-refractivity contribution is 0.0683. The number of aromatic nitrogens is 5. The van der Waals surface area contributed by atoms with E-state index >= 15 is 0 Å². The first kappa shape index (κ1) is 17.1. The number of alkyl halides is 2. The van der Waals surface area contributed by atoms with Gasteiger partial charge in [0.15, 0.2) is 5.69 Å². The van der Waals surface area contributed by atoms with Crippen LogP contribution in [-0.2, 0) is 0 Å². The number of carboxylic acid groups (broad SMARTS) is 1. The number of nitrogens with one attached hydrogen (secondary N) is 1. The summed E-state index contributed by atoms with van der Waals surface area (Å²) < 4.78 is 27.8. The summed E-state index contributed by atoms with van der Waals surface area (Å²) in [7, 11) is 0. The summed E-state index contributed by atoms with van der Waals surface area (Å²) in [6.07, 6.45) is -1.91. The molecule has 132 valence electrons. The monoisotopic (exact) mass is 360 g/mol. The molecule has 0 aliphatic carbocycles. The van der Waals surface area contributed by atoms with Crippen molar-refractivity contribution in [1.82, 2.24) is 25.0 Å². The molecule has 3 rings (SSSR count). The van der Waals surface area contributed by atoms with Crippen LogP contribution >= 0.6 is 0 Å². The van der Waals surface area contributed by atoms with Crippen molar-refractivity contribution >= 4 is 17.7 Å². The molecule has 0 unspecified atom stereocenters. The molecule has 26 heavy (non-hydrogen) atoms. The van der Waals surface area contributed by atoms with Gasteiger partial charge in [-0.3, -0.25) is 4.79 Å². The number of carboxylic acids is 1. The van der Waals surface area contributed by atoms with E-state index in [1.54, 1.807) is 18.2 Å². The minimum atomic E-state index is -3.02. The topological polar surface area (TPSA) is 123 Å². The van der Waals surface area contributed by atoms with E-state index in [1.165, 1.54) is 18.2 Å². The molecule has 0 aliphatic rings.